The molecule has 176 valence electrons. The molecule has 1 amide bonds. The molecule has 2 heterocycles. The first kappa shape index (κ1) is 23.6. The standard InChI is InChI=1S/C25H27N5O3S/c1-2-22(32)29(12-14-34-15-13-31)30-16-21(23-24(26)27-17-28-25(23)30)18-8-10-20(11-9-18)33-19-6-4-3-5-7-19/h3-11,16-17,31H,2,12-15H2,1H3,(H2,26,27,28). The Morgan fingerprint density at radius 1 is 1.09 bits per heavy atom. The number of rotatable bonds is 10. The normalized spacial score (nSPS) is 11.0. The summed E-state index contributed by atoms with van der Waals surface area (Å²) in [7, 11) is 0. The molecule has 0 spiro atoms. The number of ether oxygens (including phenoxy) is 1. The molecule has 0 fully saturated rings. The van der Waals surface area contributed by atoms with E-state index in [1.807, 2.05) is 67.7 Å². The Hall–Kier alpha value is -3.56. The Bertz CT molecular complexity index is 1240. The summed E-state index contributed by atoms with van der Waals surface area (Å²) in [5.41, 5.74) is 8.57. The fraction of sp³-hybridized carbons (Fsp3) is 0.240. The molecule has 2 aromatic heterocycles. The van der Waals surface area contributed by atoms with E-state index in [2.05, 4.69) is 9.97 Å². The summed E-state index contributed by atoms with van der Waals surface area (Å²) in [6, 6.07) is 17.3. The van der Waals surface area contributed by atoms with Crippen LogP contribution in [0.4, 0.5) is 5.82 Å². The van der Waals surface area contributed by atoms with E-state index in [4.69, 9.17) is 15.6 Å². The number of fused-ring (bicyclic) bond motifs is 1. The summed E-state index contributed by atoms with van der Waals surface area (Å²) < 4.78 is 7.67. The molecule has 0 aliphatic rings. The van der Waals surface area contributed by atoms with Gasteiger partial charge in [-0.25, -0.2) is 19.7 Å². The molecule has 34 heavy (non-hydrogen) atoms. The highest BCUT2D eigenvalue weighted by Gasteiger charge is 2.21. The first-order valence-corrected chi connectivity index (χ1v) is 12.2. The monoisotopic (exact) mass is 477 g/mol. The lowest BCUT2D eigenvalue weighted by atomic mass is 10.1. The zero-order chi connectivity index (χ0) is 23.9. The minimum absolute atomic E-state index is 0.0307. The summed E-state index contributed by atoms with van der Waals surface area (Å²) in [5.74, 6) is 3.11. The van der Waals surface area contributed by atoms with Gasteiger partial charge in [-0.05, 0) is 29.8 Å². The topological polar surface area (TPSA) is 106 Å². The minimum Gasteiger partial charge on any atom is -0.457 e. The van der Waals surface area contributed by atoms with E-state index in [9.17, 15) is 4.79 Å². The number of anilines is 1. The Balaban J connectivity index is 1.70. The van der Waals surface area contributed by atoms with Gasteiger partial charge < -0.3 is 15.6 Å². The van der Waals surface area contributed by atoms with Gasteiger partial charge in [0.05, 0.1) is 18.5 Å². The third-order valence-corrected chi connectivity index (χ3v) is 6.21. The van der Waals surface area contributed by atoms with E-state index >= 15 is 0 Å². The average molecular weight is 478 g/mol. The molecule has 3 N–H and O–H groups in total. The van der Waals surface area contributed by atoms with Crippen LogP contribution in [0.2, 0.25) is 0 Å². The molecular formula is C25H27N5O3S. The first-order chi connectivity index (χ1) is 16.6. The third-order valence-electron chi connectivity index (χ3n) is 5.27. The largest absolute Gasteiger partial charge is 0.457 e. The fourth-order valence-electron chi connectivity index (χ4n) is 3.65. The number of hydrogen-bond acceptors (Lipinski definition) is 7. The number of para-hydroxylation sites is 1. The maximum absolute atomic E-state index is 12.8. The summed E-state index contributed by atoms with van der Waals surface area (Å²) in [6.07, 6.45) is 3.64. The number of hydrogen-bond donors (Lipinski definition) is 2. The second kappa shape index (κ2) is 11.0. The molecule has 0 bridgehead atoms. The van der Waals surface area contributed by atoms with Crippen molar-refractivity contribution in [2.24, 2.45) is 0 Å². The molecule has 0 aliphatic carbocycles. The number of amides is 1. The molecule has 0 unspecified atom stereocenters. The van der Waals surface area contributed by atoms with Gasteiger partial charge in [-0.15, -0.1) is 0 Å². The SMILES string of the molecule is CCC(=O)N(CCSCCO)n1cc(-c2ccc(Oc3ccccc3)cc2)c2c(N)ncnc21. The Labute approximate surface area is 202 Å². The lowest BCUT2D eigenvalue weighted by Gasteiger charge is -2.23. The van der Waals surface area contributed by atoms with Crippen molar-refractivity contribution < 1.29 is 14.6 Å². The number of carbonyl (C=O) groups is 1. The highest BCUT2D eigenvalue weighted by molar-refractivity contribution is 7.99. The predicted octanol–water partition coefficient (Wildman–Crippen LogP) is 4.07. The second-order valence-electron chi connectivity index (χ2n) is 7.49. The van der Waals surface area contributed by atoms with Gasteiger partial charge in [0, 0.05) is 29.7 Å². The highest BCUT2D eigenvalue weighted by atomic mass is 32.2. The van der Waals surface area contributed by atoms with Gasteiger partial charge in [-0.3, -0.25) is 4.79 Å². The lowest BCUT2D eigenvalue weighted by Crippen LogP contribution is -2.41. The molecule has 0 radical (unpaired) electrons. The number of nitrogens with two attached hydrogens (primary N) is 1. The van der Waals surface area contributed by atoms with Crippen LogP contribution < -0.4 is 15.5 Å². The summed E-state index contributed by atoms with van der Waals surface area (Å²) in [6.45, 7) is 2.42. The number of nitrogens with zero attached hydrogens (tertiary/aromatic N) is 4. The number of carbonyl (C=O) groups excluding carboxylic acids is 1. The summed E-state index contributed by atoms with van der Waals surface area (Å²) >= 11 is 1.59. The van der Waals surface area contributed by atoms with Gasteiger partial charge in [0.15, 0.2) is 5.65 Å². The zero-order valence-electron chi connectivity index (χ0n) is 18.9. The fourth-order valence-corrected chi connectivity index (χ4v) is 4.29. The Morgan fingerprint density at radius 3 is 2.53 bits per heavy atom. The molecule has 9 heteroatoms. The number of nitrogen functional groups attached to an aromatic ring is 1. The number of benzene rings is 2. The molecule has 0 saturated heterocycles. The van der Waals surface area contributed by atoms with Crippen LogP contribution in [0.25, 0.3) is 22.2 Å². The van der Waals surface area contributed by atoms with Gasteiger partial charge in [-0.1, -0.05) is 37.3 Å². The van der Waals surface area contributed by atoms with Crippen molar-refractivity contribution in [3.05, 3.63) is 67.1 Å². The molecule has 0 saturated carbocycles. The molecule has 0 aliphatic heterocycles. The van der Waals surface area contributed by atoms with Crippen LogP contribution in [0.15, 0.2) is 67.1 Å². The van der Waals surface area contributed by atoms with E-state index in [1.54, 1.807) is 21.4 Å². The van der Waals surface area contributed by atoms with E-state index in [0.717, 1.165) is 16.9 Å². The molecule has 2 aromatic carbocycles. The van der Waals surface area contributed by atoms with Gasteiger partial charge in [-0.2, -0.15) is 11.8 Å². The molecular weight excluding hydrogens is 450 g/mol. The number of aliphatic hydroxyl groups excluding tert-OH is 1. The van der Waals surface area contributed by atoms with Crippen LogP contribution in [0.3, 0.4) is 0 Å². The van der Waals surface area contributed by atoms with E-state index < -0.39 is 0 Å². The van der Waals surface area contributed by atoms with E-state index in [-0.39, 0.29) is 12.5 Å². The van der Waals surface area contributed by atoms with E-state index in [1.165, 1.54) is 6.33 Å². The molecule has 0 atom stereocenters. The van der Waals surface area contributed by atoms with Crippen molar-refractivity contribution in [1.29, 1.82) is 0 Å². The van der Waals surface area contributed by atoms with Gasteiger partial charge in [0.2, 0.25) is 5.91 Å². The van der Waals surface area contributed by atoms with Crippen molar-refractivity contribution in [1.82, 2.24) is 14.6 Å². The lowest BCUT2D eigenvalue weighted by molar-refractivity contribution is -0.119. The summed E-state index contributed by atoms with van der Waals surface area (Å²) in [4.78, 5) is 21.5. The number of aromatic nitrogens is 3. The highest BCUT2D eigenvalue weighted by Crippen LogP contribution is 2.34. The van der Waals surface area contributed by atoms with Crippen LogP contribution in [0.5, 0.6) is 11.5 Å². The minimum atomic E-state index is -0.0307. The summed E-state index contributed by atoms with van der Waals surface area (Å²) in [5, 5.41) is 11.4. The molecule has 8 nitrogen and oxygen atoms in total. The third kappa shape index (κ3) is 5.16. The molecule has 4 aromatic rings. The first-order valence-electron chi connectivity index (χ1n) is 11.1. The maximum Gasteiger partial charge on any atom is 0.241 e. The van der Waals surface area contributed by atoms with Crippen molar-refractivity contribution in [2.75, 3.05) is 35.4 Å². The van der Waals surface area contributed by atoms with Gasteiger partial charge in [0.25, 0.3) is 0 Å². The predicted molar refractivity (Wildman–Crippen MR) is 137 cm³/mol. The van der Waals surface area contributed by atoms with Crippen LogP contribution in [0, 0.1) is 0 Å². The Morgan fingerprint density at radius 2 is 1.82 bits per heavy atom. The van der Waals surface area contributed by atoms with Crippen LogP contribution in [-0.2, 0) is 4.79 Å². The van der Waals surface area contributed by atoms with Crippen LogP contribution >= 0.6 is 11.8 Å². The quantitative estimate of drug-likeness (QED) is 0.332. The zero-order valence-corrected chi connectivity index (χ0v) is 19.7. The van der Waals surface area contributed by atoms with Gasteiger partial charge >= 0.3 is 0 Å². The van der Waals surface area contributed by atoms with Crippen LogP contribution in [0.1, 0.15) is 13.3 Å². The van der Waals surface area contributed by atoms with Gasteiger partial charge in [0.1, 0.15) is 23.6 Å². The van der Waals surface area contributed by atoms with E-state index in [0.29, 0.717) is 47.1 Å². The number of thioether (sulfide) groups is 1. The van der Waals surface area contributed by atoms with Crippen LogP contribution in [-0.4, -0.2) is 50.3 Å². The Kier molecular flexibility index (Phi) is 7.66. The maximum atomic E-state index is 12.8. The average Bonchev–Trinajstić information content (AvgIpc) is 3.25. The van der Waals surface area contributed by atoms with Crippen molar-refractivity contribution >= 4 is 34.5 Å². The smallest absolute Gasteiger partial charge is 0.241 e. The van der Waals surface area contributed by atoms with Crippen molar-refractivity contribution in [3.8, 4) is 22.6 Å². The number of aliphatic hydroxyl groups is 1. The van der Waals surface area contributed by atoms with Crippen molar-refractivity contribution in [2.45, 2.75) is 13.3 Å². The second-order valence-corrected chi connectivity index (χ2v) is 8.72. The molecule has 4 rings (SSSR count). The van der Waals surface area contributed by atoms with Crippen molar-refractivity contribution in [3.63, 3.8) is 0 Å².